The summed E-state index contributed by atoms with van der Waals surface area (Å²) in [7, 11) is 1.99. The average Bonchev–Trinajstić information content (AvgIpc) is 3.32. The quantitative estimate of drug-likeness (QED) is 0.133. The molecule has 0 aliphatic carbocycles. The maximum atomic E-state index is 12.8. The van der Waals surface area contributed by atoms with Gasteiger partial charge in [-0.3, -0.25) is 14.8 Å². The maximum absolute atomic E-state index is 12.8. The predicted octanol–water partition coefficient (Wildman–Crippen LogP) is 4.40. The summed E-state index contributed by atoms with van der Waals surface area (Å²) in [6, 6.07) is 10.6. The lowest BCUT2D eigenvalue weighted by atomic mass is 9.94. The van der Waals surface area contributed by atoms with Gasteiger partial charge in [-0.1, -0.05) is 43.3 Å². The van der Waals surface area contributed by atoms with Gasteiger partial charge in [-0.2, -0.15) is 0 Å². The first kappa shape index (κ1) is 28.7. The van der Waals surface area contributed by atoms with E-state index in [9.17, 15) is 19.8 Å². The first-order chi connectivity index (χ1) is 18.2. The molecule has 10 nitrogen and oxygen atoms in total. The minimum atomic E-state index is -0.390. The Morgan fingerprint density at radius 3 is 2.42 bits per heavy atom. The van der Waals surface area contributed by atoms with Crippen molar-refractivity contribution in [2.45, 2.75) is 52.5 Å². The molecule has 0 atom stereocenters. The van der Waals surface area contributed by atoms with Crippen molar-refractivity contribution in [2.75, 3.05) is 20.1 Å². The van der Waals surface area contributed by atoms with Crippen LogP contribution in [0.2, 0.25) is 0 Å². The second-order valence-electron chi connectivity index (χ2n) is 9.60. The molecule has 3 rings (SSSR count). The summed E-state index contributed by atoms with van der Waals surface area (Å²) in [5.41, 5.74) is 4.92. The average molecular weight is 525 g/mol. The molecular formula is C28H36N4O6. The molecule has 0 bridgehead atoms. The summed E-state index contributed by atoms with van der Waals surface area (Å²) >= 11 is 0. The van der Waals surface area contributed by atoms with Gasteiger partial charge in [0.05, 0.1) is 11.1 Å². The fourth-order valence-corrected chi connectivity index (χ4v) is 4.27. The summed E-state index contributed by atoms with van der Waals surface area (Å²) in [6.45, 7) is 7.56. The van der Waals surface area contributed by atoms with Gasteiger partial charge in [0.25, 0.3) is 5.91 Å². The van der Waals surface area contributed by atoms with Gasteiger partial charge in [-0.15, -0.1) is 0 Å². The monoisotopic (exact) mass is 524 g/mol. The first-order valence-electron chi connectivity index (χ1n) is 12.7. The van der Waals surface area contributed by atoms with Gasteiger partial charge in [0.15, 0.2) is 11.5 Å². The van der Waals surface area contributed by atoms with Crippen LogP contribution in [0.4, 0.5) is 0 Å². The van der Waals surface area contributed by atoms with Crippen LogP contribution in [-0.4, -0.2) is 57.4 Å². The number of phenolic OH excluding ortho intramolecular Hbond substituents is 2. The molecule has 0 spiro atoms. The molecule has 204 valence electrons. The van der Waals surface area contributed by atoms with Crippen molar-refractivity contribution in [1.82, 2.24) is 20.9 Å². The van der Waals surface area contributed by atoms with E-state index in [1.165, 1.54) is 6.07 Å². The van der Waals surface area contributed by atoms with Crippen LogP contribution < -0.4 is 10.8 Å². The summed E-state index contributed by atoms with van der Waals surface area (Å²) < 4.78 is 5.63. The number of hydrogen-bond acceptors (Lipinski definition) is 8. The molecular weight excluding hydrogens is 488 g/mol. The highest BCUT2D eigenvalue weighted by atomic mass is 16.5. The molecule has 5 N–H and O–H groups in total. The van der Waals surface area contributed by atoms with Crippen LogP contribution in [0.3, 0.4) is 0 Å². The smallest absolute Gasteiger partial charge is 0.274 e. The lowest BCUT2D eigenvalue weighted by Gasteiger charge is -2.17. The Labute approximate surface area is 222 Å². The zero-order valence-electron chi connectivity index (χ0n) is 22.2. The van der Waals surface area contributed by atoms with Crippen LogP contribution in [0, 0.1) is 0 Å². The number of aromatic nitrogens is 1. The highest BCUT2D eigenvalue weighted by Gasteiger charge is 2.27. The number of hydroxylamine groups is 1. The Morgan fingerprint density at radius 2 is 1.79 bits per heavy atom. The SMILES string of the molecule is CCNC(=O)c1noc(-c2cc(C(C)C)c(O)cc2O)c1-c1ccc(CN(C)CCCCC(=O)NO)cc1. The Balaban J connectivity index is 1.89. The molecule has 10 heteroatoms. The number of phenols is 2. The highest BCUT2D eigenvalue weighted by Crippen LogP contribution is 2.43. The van der Waals surface area contributed by atoms with E-state index in [1.807, 2.05) is 52.1 Å². The zero-order chi connectivity index (χ0) is 27.8. The van der Waals surface area contributed by atoms with Crippen molar-refractivity contribution in [1.29, 1.82) is 0 Å². The second-order valence-corrected chi connectivity index (χ2v) is 9.60. The number of carbonyl (C=O) groups excluding carboxylic acids is 2. The normalized spacial score (nSPS) is 11.2. The van der Waals surface area contributed by atoms with E-state index in [2.05, 4.69) is 15.4 Å². The number of nitrogens with one attached hydrogen (secondary N) is 2. The van der Waals surface area contributed by atoms with Gasteiger partial charge in [0, 0.05) is 25.6 Å². The van der Waals surface area contributed by atoms with Gasteiger partial charge < -0.3 is 25.0 Å². The van der Waals surface area contributed by atoms with Crippen molar-refractivity contribution in [3.8, 4) is 33.9 Å². The molecule has 1 aromatic heterocycles. The number of unbranched alkanes of at least 4 members (excludes halogenated alkanes) is 1. The van der Waals surface area contributed by atoms with Crippen LogP contribution in [0.25, 0.3) is 22.5 Å². The molecule has 1 heterocycles. The first-order valence-corrected chi connectivity index (χ1v) is 12.7. The third kappa shape index (κ3) is 6.90. The second kappa shape index (κ2) is 13.1. The lowest BCUT2D eigenvalue weighted by molar-refractivity contribution is -0.129. The Bertz CT molecular complexity index is 1250. The number of aromatic hydroxyl groups is 2. The predicted molar refractivity (Wildman–Crippen MR) is 143 cm³/mol. The summed E-state index contributed by atoms with van der Waals surface area (Å²) in [5, 5.41) is 36.3. The molecule has 0 fully saturated rings. The van der Waals surface area contributed by atoms with E-state index in [0.717, 1.165) is 18.5 Å². The molecule has 0 saturated carbocycles. The maximum Gasteiger partial charge on any atom is 0.274 e. The van der Waals surface area contributed by atoms with Crippen LogP contribution in [-0.2, 0) is 11.3 Å². The number of hydrogen-bond donors (Lipinski definition) is 5. The van der Waals surface area contributed by atoms with E-state index in [1.54, 1.807) is 11.5 Å². The van der Waals surface area contributed by atoms with E-state index in [4.69, 9.17) is 9.73 Å². The Hall–Kier alpha value is -3.89. The topological polar surface area (TPSA) is 148 Å². The number of benzene rings is 2. The van der Waals surface area contributed by atoms with Gasteiger partial charge in [0.2, 0.25) is 5.91 Å². The van der Waals surface area contributed by atoms with Crippen molar-refractivity contribution in [3.05, 3.63) is 53.2 Å². The van der Waals surface area contributed by atoms with Crippen LogP contribution >= 0.6 is 0 Å². The van der Waals surface area contributed by atoms with Crippen LogP contribution in [0.1, 0.15) is 67.6 Å². The standard InChI is InChI=1S/C28H36N4O6/c1-5-29-28(36)26-25(27(38-31-26)21-14-20(17(2)3)22(33)15-23(21)34)19-11-9-18(10-12-19)16-32(4)13-7-6-8-24(35)30-37/h9-12,14-15,17,33-34,37H,5-8,13,16H2,1-4H3,(H,29,36)(H,30,35). The molecule has 0 unspecified atom stereocenters. The molecule has 2 amide bonds. The van der Waals surface area contributed by atoms with Crippen molar-refractivity contribution >= 4 is 11.8 Å². The Kier molecular flexibility index (Phi) is 9.86. The van der Waals surface area contributed by atoms with Gasteiger partial charge in [-0.25, -0.2) is 5.48 Å². The minimum Gasteiger partial charge on any atom is -0.508 e. The van der Waals surface area contributed by atoms with Gasteiger partial charge >= 0.3 is 0 Å². The molecule has 38 heavy (non-hydrogen) atoms. The van der Waals surface area contributed by atoms with Crippen LogP contribution in [0.15, 0.2) is 40.9 Å². The molecule has 0 radical (unpaired) electrons. The fraction of sp³-hybridized carbons (Fsp3) is 0.393. The van der Waals surface area contributed by atoms with E-state index >= 15 is 0 Å². The fourth-order valence-electron chi connectivity index (χ4n) is 4.27. The van der Waals surface area contributed by atoms with E-state index in [0.29, 0.717) is 41.8 Å². The molecule has 0 aliphatic rings. The lowest BCUT2D eigenvalue weighted by Crippen LogP contribution is -2.23. The molecule has 3 aromatic rings. The third-order valence-corrected chi connectivity index (χ3v) is 6.27. The number of amides is 2. The summed E-state index contributed by atoms with van der Waals surface area (Å²) in [5.74, 6) is -0.741. The summed E-state index contributed by atoms with van der Waals surface area (Å²) in [6.07, 6.45) is 1.77. The summed E-state index contributed by atoms with van der Waals surface area (Å²) in [4.78, 5) is 26.1. The number of nitrogens with zero attached hydrogens (tertiary/aromatic N) is 2. The molecule has 2 aromatic carbocycles. The Morgan fingerprint density at radius 1 is 1.08 bits per heavy atom. The molecule has 0 aliphatic heterocycles. The highest BCUT2D eigenvalue weighted by molar-refractivity contribution is 6.02. The number of rotatable bonds is 12. The van der Waals surface area contributed by atoms with Crippen molar-refractivity contribution in [3.63, 3.8) is 0 Å². The van der Waals surface area contributed by atoms with E-state index in [-0.39, 0.29) is 41.2 Å². The van der Waals surface area contributed by atoms with E-state index < -0.39 is 5.91 Å². The molecule has 0 saturated heterocycles. The van der Waals surface area contributed by atoms with Crippen molar-refractivity contribution < 1.29 is 29.5 Å². The minimum absolute atomic E-state index is 0.00770. The third-order valence-electron chi connectivity index (χ3n) is 6.27. The van der Waals surface area contributed by atoms with Crippen molar-refractivity contribution in [2.24, 2.45) is 0 Å². The van der Waals surface area contributed by atoms with Crippen LogP contribution in [0.5, 0.6) is 11.5 Å². The zero-order valence-corrected chi connectivity index (χ0v) is 22.2. The number of carbonyl (C=O) groups is 2. The van der Waals surface area contributed by atoms with Gasteiger partial charge in [0.1, 0.15) is 11.5 Å². The largest absolute Gasteiger partial charge is 0.508 e. The van der Waals surface area contributed by atoms with Gasteiger partial charge in [-0.05, 0) is 62.0 Å².